The van der Waals surface area contributed by atoms with Gasteiger partial charge >= 0.3 is 0 Å². The molecular weight excluding hydrogens is 189 g/mol. The van der Waals surface area contributed by atoms with Gasteiger partial charge in [0.05, 0.1) is 18.2 Å². The van der Waals surface area contributed by atoms with Crippen LogP contribution < -0.4 is 10.5 Å². The van der Waals surface area contributed by atoms with Gasteiger partial charge in [-0.3, -0.25) is 0 Å². The van der Waals surface area contributed by atoms with Crippen LogP contribution in [0.5, 0.6) is 5.75 Å². The zero-order valence-electron chi connectivity index (χ0n) is 7.00. The van der Waals surface area contributed by atoms with Crippen molar-refractivity contribution in [1.29, 1.82) is 0 Å². The SMILES string of the molecule is COc1csc2ccc(N)c(F)c12. The van der Waals surface area contributed by atoms with Gasteiger partial charge < -0.3 is 10.5 Å². The van der Waals surface area contributed by atoms with Gasteiger partial charge in [0.2, 0.25) is 0 Å². The molecule has 1 heterocycles. The fourth-order valence-electron chi connectivity index (χ4n) is 1.23. The molecule has 0 aliphatic rings. The minimum absolute atomic E-state index is 0.157. The molecule has 0 bridgehead atoms. The average molecular weight is 197 g/mol. The Morgan fingerprint density at radius 2 is 2.23 bits per heavy atom. The van der Waals surface area contributed by atoms with Gasteiger partial charge in [0, 0.05) is 10.1 Å². The first-order chi connectivity index (χ1) is 6.24. The van der Waals surface area contributed by atoms with Crippen molar-refractivity contribution >= 4 is 27.1 Å². The van der Waals surface area contributed by atoms with E-state index in [0.717, 1.165) is 4.70 Å². The first-order valence-corrected chi connectivity index (χ1v) is 4.61. The fourth-order valence-corrected chi connectivity index (χ4v) is 2.13. The second kappa shape index (κ2) is 2.88. The summed E-state index contributed by atoms with van der Waals surface area (Å²) in [6.07, 6.45) is 0. The largest absolute Gasteiger partial charge is 0.495 e. The van der Waals surface area contributed by atoms with Crippen molar-refractivity contribution in [2.75, 3.05) is 12.8 Å². The van der Waals surface area contributed by atoms with E-state index < -0.39 is 5.82 Å². The standard InChI is InChI=1S/C9H8FNOS/c1-12-6-4-13-7-3-2-5(11)9(10)8(6)7/h2-4H,11H2,1H3. The van der Waals surface area contributed by atoms with Gasteiger partial charge in [-0.15, -0.1) is 11.3 Å². The highest BCUT2D eigenvalue weighted by Crippen LogP contribution is 2.35. The first kappa shape index (κ1) is 8.31. The number of fused-ring (bicyclic) bond motifs is 1. The Kier molecular flexibility index (Phi) is 1.84. The molecule has 2 aromatic rings. The molecule has 4 heteroatoms. The van der Waals surface area contributed by atoms with Crippen LogP contribution in [0.3, 0.4) is 0 Å². The van der Waals surface area contributed by atoms with Crippen LogP contribution in [0.2, 0.25) is 0 Å². The van der Waals surface area contributed by atoms with Gasteiger partial charge in [0.25, 0.3) is 0 Å². The maximum Gasteiger partial charge on any atom is 0.158 e. The maximum atomic E-state index is 13.5. The van der Waals surface area contributed by atoms with Crippen LogP contribution >= 0.6 is 11.3 Å². The quantitative estimate of drug-likeness (QED) is 0.713. The van der Waals surface area contributed by atoms with Crippen LogP contribution in [0.4, 0.5) is 10.1 Å². The van der Waals surface area contributed by atoms with E-state index in [1.54, 1.807) is 17.5 Å². The lowest BCUT2D eigenvalue weighted by Crippen LogP contribution is -1.91. The summed E-state index contributed by atoms with van der Waals surface area (Å²) < 4.78 is 19.3. The highest BCUT2D eigenvalue weighted by molar-refractivity contribution is 7.17. The van der Waals surface area contributed by atoms with E-state index in [1.165, 1.54) is 18.4 Å². The highest BCUT2D eigenvalue weighted by Gasteiger charge is 2.11. The molecule has 0 saturated carbocycles. The van der Waals surface area contributed by atoms with Crippen LogP contribution in [0, 0.1) is 5.82 Å². The zero-order chi connectivity index (χ0) is 9.42. The maximum absolute atomic E-state index is 13.5. The number of benzene rings is 1. The van der Waals surface area contributed by atoms with E-state index in [-0.39, 0.29) is 5.69 Å². The number of thiophene rings is 1. The molecule has 0 unspecified atom stereocenters. The fraction of sp³-hybridized carbons (Fsp3) is 0.111. The number of ether oxygens (including phenoxy) is 1. The number of hydrogen-bond donors (Lipinski definition) is 1. The molecule has 0 radical (unpaired) electrons. The van der Waals surface area contributed by atoms with E-state index in [0.29, 0.717) is 11.1 Å². The van der Waals surface area contributed by atoms with Gasteiger partial charge in [0.1, 0.15) is 5.75 Å². The summed E-state index contributed by atoms with van der Waals surface area (Å²) in [6, 6.07) is 3.36. The van der Waals surface area contributed by atoms with Crippen LogP contribution in [0.15, 0.2) is 17.5 Å². The first-order valence-electron chi connectivity index (χ1n) is 3.73. The Morgan fingerprint density at radius 1 is 1.46 bits per heavy atom. The minimum atomic E-state index is -0.393. The Balaban J connectivity index is 2.85. The Hall–Kier alpha value is -1.29. The molecule has 0 spiro atoms. The summed E-state index contributed by atoms with van der Waals surface area (Å²) in [5, 5.41) is 2.25. The summed E-state index contributed by atoms with van der Waals surface area (Å²) in [5.41, 5.74) is 5.60. The summed E-state index contributed by atoms with van der Waals surface area (Å²) in [7, 11) is 1.52. The normalized spacial score (nSPS) is 10.6. The van der Waals surface area contributed by atoms with Gasteiger partial charge in [-0.2, -0.15) is 0 Å². The van der Waals surface area contributed by atoms with Crippen molar-refractivity contribution in [2.24, 2.45) is 0 Å². The summed E-state index contributed by atoms with van der Waals surface area (Å²) in [5.74, 6) is 0.153. The van der Waals surface area contributed by atoms with Gasteiger partial charge in [-0.1, -0.05) is 0 Å². The predicted molar refractivity (Wildman–Crippen MR) is 52.7 cm³/mol. The monoisotopic (exact) mass is 197 g/mol. The number of anilines is 1. The molecule has 13 heavy (non-hydrogen) atoms. The minimum Gasteiger partial charge on any atom is -0.495 e. The lowest BCUT2D eigenvalue weighted by molar-refractivity contribution is 0.420. The van der Waals surface area contributed by atoms with E-state index >= 15 is 0 Å². The predicted octanol–water partition coefficient (Wildman–Crippen LogP) is 2.63. The van der Waals surface area contributed by atoms with Crippen LogP contribution in [-0.4, -0.2) is 7.11 Å². The van der Waals surface area contributed by atoms with Gasteiger partial charge in [-0.05, 0) is 12.1 Å². The summed E-state index contributed by atoms with van der Waals surface area (Å²) in [6.45, 7) is 0. The summed E-state index contributed by atoms with van der Waals surface area (Å²) in [4.78, 5) is 0. The van der Waals surface area contributed by atoms with Crippen molar-refractivity contribution in [3.63, 3.8) is 0 Å². The molecule has 68 valence electrons. The number of nitrogens with two attached hydrogens (primary N) is 1. The van der Waals surface area contributed by atoms with Crippen LogP contribution in [0.1, 0.15) is 0 Å². The van der Waals surface area contributed by atoms with E-state index in [9.17, 15) is 4.39 Å². The Bertz CT molecular complexity index is 452. The zero-order valence-corrected chi connectivity index (χ0v) is 7.82. The third-order valence-electron chi connectivity index (χ3n) is 1.89. The van der Waals surface area contributed by atoms with Crippen molar-refractivity contribution in [3.8, 4) is 5.75 Å². The van der Waals surface area contributed by atoms with Crippen molar-refractivity contribution in [3.05, 3.63) is 23.3 Å². The molecule has 1 aromatic heterocycles. The van der Waals surface area contributed by atoms with Gasteiger partial charge in [-0.25, -0.2) is 4.39 Å². The number of methoxy groups -OCH3 is 1. The van der Waals surface area contributed by atoms with Crippen molar-refractivity contribution in [2.45, 2.75) is 0 Å². The molecule has 0 saturated heterocycles. The third kappa shape index (κ3) is 1.14. The topological polar surface area (TPSA) is 35.2 Å². The molecule has 0 aliphatic heterocycles. The molecule has 0 fully saturated rings. The average Bonchev–Trinajstić information content (AvgIpc) is 2.55. The van der Waals surface area contributed by atoms with Crippen LogP contribution in [-0.2, 0) is 0 Å². The number of nitrogen functional groups attached to an aromatic ring is 1. The number of rotatable bonds is 1. The lowest BCUT2D eigenvalue weighted by atomic mass is 10.2. The molecule has 0 amide bonds. The molecular formula is C9H8FNOS. The molecule has 1 aromatic carbocycles. The van der Waals surface area contributed by atoms with E-state index in [4.69, 9.17) is 10.5 Å². The molecule has 2 nitrogen and oxygen atoms in total. The number of hydrogen-bond acceptors (Lipinski definition) is 3. The van der Waals surface area contributed by atoms with Crippen LogP contribution in [0.25, 0.3) is 10.1 Å². The van der Waals surface area contributed by atoms with Gasteiger partial charge in [0.15, 0.2) is 5.82 Å². The smallest absolute Gasteiger partial charge is 0.158 e. The molecule has 2 rings (SSSR count). The summed E-state index contributed by atoms with van der Waals surface area (Å²) >= 11 is 1.44. The van der Waals surface area contributed by atoms with Crippen molar-refractivity contribution in [1.82, 2.24) is 0 Å². The Labute approximate surface area is 78.7 Å². The third-order valence-corrected chi connectivity index (χ3v) is 2.82. The molecule has 0 atom stereocenters. The number of halogens is 1. The second-order valence-corrected chi connectivity index (χ2v) is 3.56. The van der Waals surface area contributed by atoms with E-state index in [2.05, 4.69) is 0 Å². The molecule has 2 N–H and O–H groups in total. The molecule has 0 aliphatic carbocycles. The second-order valence-electron chi connectivity index (χ2n) is 2.65. The lowest BCUT2D eigenvalue weighted by Gasteiger charge is -2.00. The highest BCUT2D eigenvalue weighted by atomic mass is 32.1. The Morgan fingerprint density at radius 3 is 2.92 bits per heavy atom. The van der Waals surface area contributed by atoms with Crippen molar-refractivity contribution < 1.29 is 9.13 Å². The van der Waals surface area contributed by atoms with E-state index in [1.807, 2.05) is 0 Å².